The summed E-state index contributed by atoms with van der Waals surface area (Å²) in [5.41, 5.74) is 0. The van der Waals surface area contributed by atoms with Gasteiger partial charge in [0.1, 0.15) is 0 Å². The van der Waals surface area contributed by atoms with Crippen molar-refractivity contribution >= 4 is 23.6 Å². The number of nitrogens with zero attached hydrogens (tertiary/aromatic N) is 1. The molecule has 5 heteroatoms. The molecule has 1 aliphatic rings. The van der Waals surface area contributed by atoms with E-state index in [0.29, 0.717) is 6.42 Å². The molecule has 2 unspecified atom stereocenters. The molecule has 0 spiro atoms. The number of amides is 1. The van der Waals surface area contributed by atoms with Gasteiger partial charge in [0.2, 0.25) is 5.91 Å². The highest BCUT2D eigenvalue weighted by Gasteiger charge is 2.24. The summed E-state index contributed by atoms with van der Waals surface area (Å²) < 4.78 is 4.65. The monoisotopic (exact) mass is 287 g/mol. The molecule has 1 aliphatic heterocycles. The van der Waals surface area contributed by atoms with E-state index in [2.05, 4.69) is 4.74 Å². The SMILES string of the molecule is COC(=O)CC(C)SC(C)C(=O)N1CCCCCC1. The van der Waals surface area contributed by atoms with Crippen molar-refractivity contribution in [3.05, 3.63) is 0 Å². The molecule has 0 saturated carbocycles. The number of esters is 1. The van der Waals surface area contributed by atoms with Gasteiger partial charge in [-0.25, -0.2) is 0 Å². The van der Waals surface area contributed by atoms with Crippen molar-refractivity contribution in [3.8, 4) is 0 Å². The zero-order valence-electron chi connectivity index (χ0n) is 12.2. The first kappa shape index (κ1) is 16.3. The van der Waals surface area contributed by atoms with Crippen molar-refractivity contribution < 1.29 is 14.3 Å². The smallest absolute Gasteiger partial charge is 0.306 e. The van der Waals surface area contributed by atoms with Gasteiger partial charge in [-0.05, 0) is 19.8 Å². The van der Waals surface area contributed by atoms with Gasteiger partial charge in [-0.15, -0.1) is 11.8 Å². The highest BCUT2D eigenvalue weighted by atomic mass is 32.2. The molecule has 1 saturated heterocycles. The van der Waals surface area contributed by atoms with Crippen LogP contribution in [0.15, 0.2) is 0 Å². The summed E-state index contributed by atoms with van der Waals surface area (Å²) in [5.74, 6) is -0.00182. The number of thioether (sulfide) groups is 1. The summed E-state index contributed by atoms with van der Waals surface area (Å²) in [6.07, 6.45) is 5.04. The fraction of sp³-hybridized carbons (Fsp3) is 0.857. The number of likely N-dealkylation sites (tertiary alicyclic amines) is 1. The van der Waals surface area contributed by atoms with Gasteiger partial charge in [-0.1, -0.05) is 19.8 Å². The third-order valence-electron chi connectivity index (χ3n) is 3.38. The number of hydrogen-bond donors (Lipinski definition) is 0. The minimum atomic E-state index is -0.213. The fourth-order valence-corrected chi connectivity index (χ4v) is 3.52. The van der Waals surface area contributed by atoms with Gasteiger partial charge in [0, 0.05) is 18.3 Å². The van der Waals surface area contributed by atoms with Gasteiger partial charge in [0.05, 0.1) is 18.8 Å². The van der Waals surface area contributed by atoms with Crippen LogP contribution in [0.3, 0.4) is 0 Å². The van der Waals surface area contributed by atoms with Crippen LogP contribution >= 0.6 is 11.8 Å². The molecule has 19 heavy (non-hydrogen) atoms. The summed E-state index contributed by atoms with van der Waals surface area (Å²) in [6, 6.07) is 0. The molecule has 1 rings (SSSR count). The molecule has 110 valence electrons. The van der Waals surface area contributed by atoms with E-state index in [4.69, 9.17) is 0 Å². The zero-order chi connectivity index (χ0) is 14.3. The van der Waals surface area contributed by atoms with Gasteiger partial charge in [0.15, 0.2) is 0 Å². The van der Waals surface area contributed by atoms with E-state index >= 15 is 0 Å². The first-order chi connectivity index (χ1) is 9.04. The van der Waals surface area contributed by atoms with Gasteiger partial charge in [-0.3, -0.25) is 9.59 Å². The zero-order valence-corrected chi connectivity index (χ0v) is 13.0. The number of carbonyl (C=O) groups excluding carboxylic acids is 2. The Hall–Kier alpha value is -0.710. The maximum atomic E-state index is 12.3. The topological polar surface area (TPSA) is 46.6 Å². The average Bonchev–Trinajstić information content (AvgIpc) is 2.66. The third kappa shape index (κ3) is 5.85. The molecular weight excluding hydrogens is 262 g/mol. The van der Waals surface area contributed by atoms with E-state index in [1.165, 1.54) is 20.0 Å². The molecule has 0 bridgehead atoms. The third-order valence-corrected chi connectivity index (χ3v) is 4.62. The Balaban J connectivity index is 2.40. The number of carbonyl (C=O) groups is 2. The summed E-state index contributed by atoms with van der Waals surface area (Å²) in [4.78, 5) is 25.5. The lowest BCUT2D eigenvalue weighted by atomic mass is 10.2. The maximum Gasteiger partial charge on any atom is 0.306 e. The number of hydrogen-bond acceptors (Lipinski definition) is 4. The summed E-state index contributed by atoms with van der Waals surface area (Å²) in [5, 5.41) is 0.0242. The molecule has 1 fully saturated rings. The van der Waals surface area contributed by atoms with Gasteiger partial charge in [-0.2, -0.15) is 0 Å². The molecule has 0 aliphatic carbocycles. The summed E-state index contributed by atoms with van der Waals surface area (Å²) in [7, 11) is 1.39. The molecule has 0 aromatic rings. The van der Waals surface area contributed by atoms with Crippen LogP contribution in [0, 0.1) is 0 Å². The minimum absolute atomic E-state index is 0.0854. The fourth-order valence-electron chi connectivity index (χ4n) is 2.32. The van der Waals surface area contributed by atoms with Crippen molar-refractivity contribution in [3.63, 3.8) is 0 Å². The molecule has 0 aromatic heterocycles. The van der Waals surface area contributed by atoms with Crippen molar-refractivity contribution in [1.29, 1.82) is 0 Å². The minimum Gasteiger partial charge on any atom is -0.469 e. The quantitative estimate of drug-likeness (QED) is 0.729. The van der Waals surface area contributed by atoms with Crippen LogP contribution in [0.4, 0.5) is 0 Å². The van der Waals surface area contributed by atoms with E-state index in [9.17, 15) is 9.59 Å². The van der Waals surface area contributed by atoms with Crippen molar-refractivity contribution in [2.75, 3.05) is 20.2 Å². The van der Waals surface area contributed by atoms with Crippen molar-refractivity contribution in [1.82, 2.24) is 4.90 Å². The molecule has 0 aromatic carbocycles. The Morgan fingerprint density at radius 1 is 1.16 bits per heavy atom. The maximum absolute atomic E-state index is 12.3. The van der Waals surface area contributed by atoms with Crippen LogP contribution in [0.25, 0.3) is 0 Å². The van der Waals surface area contributed by atoms with Crippen LogP contribution in [-0.4, -0.2) is 47.5 Å². The first-order valence-corrected chi connectivity index (χ1v) is 8.00. The second kappa shape index (κ2) is 8.46. The average molecular weight is 287 g/mol. The van der Waals surface area contributed by atoms with Gasteiger partial charge < -0.3 is 9.64 Å². The Kier molecular flexibility index (Phi) is 7.28. The highest BCUT2D eigenvalue weighted by Crippen LogP contribution is 2.23. The van der Waals surface area contributed by atoms with E-state index in [-0.39, 0.29) is 22.4 Å². The van der Waals surface area contributed by atoms with Crippen molar-refractivity contribution in [2.24, 2.45) is 0 Å². The van der Waals surface area contributed by atoms with Crippen molar-refractivity contribution in [2.45, 2.75) is 56.5 Å². The molecule has 1 amide bonds. The number of ether oxygens (including phenoxy) is 1. The van der Waals surface area contributed by atoms with Crippen LogP contribution in [0.5, 0.6) is 0 Å². The Bertz CT molecular complexity index is 301. The Morgan fingerprint density at radius 2 is 1.74 bits per heavy atom. The van der Waals surface area contributed by atoms with Crippen LogP contribution in [0.1, 0.15) is 46.0 Å². The second-order valence-corrected chi connectivity index (χ2v) is 6.89. The van der Waals surface area contributed by atoms with E-state index in [0.717, 1.165) is 25.9 Å². The first-order valence-electron chi connectivity index (χ1n) is 7.05. The lowest BCUT2D eigenvalue weighted by Crippen LogP contribution is -2.37. The molecule has 2 atom stereocenters. The van der Waals surface area contributed by atoms with Crippen LogP contribution in [0.2, 0.25) is 0 Å². The summed E-state index contributed by atoms with van der Waals surface area (Å²) in [6.45, 7) is 5.67. The predicted molar refractivity (Wildman–Crippen MR) is 78.2 cm³/mol. The Labute approximate surface area is 120 Å². The molecular formula is C14H25NO3S. The highest BCUT2D eigenvalue weighted by molar-refractivity contribution is 8.01. The summed E-state index contributed by atoms with van der Waals surface area (Å²) >= 11 is 1.56. The van der Waals surface area contributed by atoms with Gasteiger partial charge in [0.25, 0.3) is 0 Å². The van der Waals surface area contributed by atoms with Gasteiger partial charge >= 0.3 is 5.97 Å². The lowest BCUT2D eigenvalue weighted by molar-refractivity contribution is -0.140. The van der Waals surface area contributed by atoms with E-state index in [1.807, 2.05) is 18.7 Å². The predicted octanol–water partition coefficient (Wildman–Crippen LogP) is 2.46. The lowest BCUT2D eigenvalue weighted by Gasteiger charge is -2.25. The molecule has 0 radical (unpaired) electrons. The largest absolute Gasteiger partial charge is 0.469 e. The molecule has 1 heterocycles. The van der Waals surface area contributed by atoms with E-state index in [1.54, 1.807) is 11.8 Å². The Morgan fingerprint density at radius 3 is 2.26 bits per heavy atom. The molecule has 0 N–H and O–H groups in total. The van der Waals surface area contributed by atoms with Crippen LogP contribution in [-0.2, 0) is 14.3 Å². The van der Waals surface area contributed by atoms with Crippen LogP contribution < -0.4 is 0 Å². The normalized spacial score (nSPS) is 19.4. The number of rotatable bonds is 5. The second-order valence-electron chi connectivity index (χ2n) is 5.11. The van der Waals surface area contributed by atoms with E-state index < -0.39 is 0 Å². The number of methoxy groups -OCH3 is 1. The standard InChI is InChI=1S/C14H25NO3S/c1-11(10-13(16)18-3)19-12(2)14(17)15-8-6-4-5-7-9-15/h11-12H,4-10H2,1-3H3. The molecule has 4 nitrogen and oxygen atoms in total.